The van der Waals surface area contributed by atoms with E-state index in [1.54, 1.807) is 18.3 Å². The molecule has 128 valence electrons. The van der Waals surface area contributed by atoms with Gasteiger partial charge in [-0.25, -0.2) is 9.37 Å². The molecule has 6 heteroatoms. The SMILES string of the molecule is CCc1nccn1CCC(=O)N1CCOC(c2ccc(F)cc2)C1. The van der Waals surface area contributed by atoms with E-state index < -0.39 is 0 Å². The predicted octanol–water partition coefficient (Wildman–Crippen LogP) is 2.57. The van der Waals surface area contributed by atoms with Gasteiger partial charge in [0.05, 0.1) is 13.2 Å². The number of aromatic nitrogens is 2. The first-order chi connectivity index (χ1) is 11.7. The lowest BCUT2D eigenvalue weighted by Gasteiger charge is -2.33. The normalized spacial score (nSPS) is 17.9. The van der Waals surface area contributed by atoms with Crippen LogP contribution in [-0.4, -0.2) is 40.1 Å². The van der Waals surface area contributed by atoms with Crippen molar-refractivity contribution in [3.63, 3.8) is 0 Å². The van der Waals surface area contributed by atoms with Crippen LogP contribution in [0.5, 0.6) is 0 Å². The topological polar surface area (TPSA) is 47.4 Å². The number of aryl methyl sites for hydroxylation is 2. The van der Waals surface area contributed by atoms with E-state index in [0.29, 0.717) is 32.7 Å². The molecule has 0 spiro atoms. The Kier molecular flexibility index (Phi) is 5.25. The molecule has 0 N–H and O–H groups in total. The first-order valence-corrected chi connectivity index (χ1v) is 8.32. The molecule has 1 fully saturated rings. The van der Waals surface area contributed by atoms with Gasteiger partial charge in [0, 0.05) is 38.3 Å². The van der Waals surface area contributed by atoms with Crippen LogP contribution in [-0.2, 0) is 22.5 Å². The van der Waals surface area contributed by atoms with Gasteiger partial charge in [0.25, 0.3) is 0 Å². The molecule has 5 nitrogen and oxygen atoms in total. The van der Waals surface area contributed by atoms with E-state index in [1.165, 1.54) is 12.1 Å². The van der Waals surface area contributed by atoms with E-state index in [4.69, 9.17) is 4.74 Å². The fourth-order valence-electron chi connectivity index (χ4n) is 2.99. The van der Waals surface area contributed by atoms with E-state index >= 15 is 0 Å². The number of nitrogens with zero attached hydrogens (tertiary/aromatic N) is 3. The Bertz CT molecular complexity index is 684. The summed E-state index contributed by atoms with van der Waals surface area (Å²) in [5.74, 6) is 0.838. The van der Waals surface area contributed by atoms with Crippen LogP contribution in [0.1, 0.15) is 30.8 Å². The van der Waals surface area contributed by atoms with Crippen LogP contribution in [0, 0.1) is 5.82 Å². The zero-order chi connectivity index (χ0) is 16.9. The predicted molar refractivity (Wildman–Crippen MR) is 87.9 cm³/mol. The number of amides is 1. The summed E-state index contributed by atoms with van der Waals surface area (Å²) in [7, 11) is 0. The summed E-state index contributed by atoms with van der Waals surface area (Å²) in [5, 5.41) is 0. The fraction of sp³-hybridized carbons (Fsp3) is 0.444. The standard InChI is InChI=1S/C18H22FN3O2/c1-2-17-20-8-10-21(17)9-7-18(23)22-11-12-24-16(13-22)14-3-5-15(19)6-4-14/h3-6,8,10,16H,2,7,9,11-13H2,1H3. The van der Waals surface area contributed by atoms with Crippen molar-refractivity contribution >= 4 is 5.91 Å². The van der Waals surface area contributed by atoms with Gasteiger partial charge in [-0.3, -0.25) is 4.79 Å². The monoisotopic (exact) mass is 331 g/mol. The molecule has 3 rings (SSSR count). The van der Waals surface area contributed by atoms with Crippen molar-refractivity contribution in [2.45, 2.75) is 32.4 Å². The quantitative estimate of drug-likeness (QED) is 0.846. The second-order valence-electron chi connectivity index (χ2n) is 5.89. The molecule has 0 aliphatic carbocycles. The van der Waals surface area contributed by atoms with E-state index in [1.807, 2.05) is 15.7 Å². The maximum atomic E-state index is 13.0. The van der Waals surface area contributed by atoms with Crippen molar-refractivity contribution in [3.8, 4) is 0 Å². The van der Waals surface area contributed by atoms with Crippen LogP contribution in [0.3, 0.4) is 0 Å². The van der Waals surface area contributed by atoms with Crippen LogP contribution in [0.2, 0.25) is 0 Å². The molecule has 0 bridgehead atoms. The largest absolute Gasteiger partial charge is 0.370 e. The van der Waals surface area contributed by atoms with E-state index in [0.717, 1.165) is 17.8 Å². The van der Waals surface area contributed by atoms with Crippen molar-refractivity contribution in [1.29, 1.82) is 0 Å². The van der Waals surface area contributed by atoms with Crippen molar-refractivity contribution in [3.05, 3.63) is 53.9 Å². The number of carbonyl (C=O) groups excluding carboxylic acids is 1. The third kappa shape index (κ3) is 3.82. The molecular formula is C18H22FN3O2. The fourth-order valence-corrected chi connectivity index (χ4v) is 2.99. The maximum Gasteiger partial charge on any atom is 0.224 e. The van der Waals surface area contributed by atoms with Crippen molar-refractivity contribution in [2.24, 2.45) is 0 Å². The zero-order valence-corrected chi connectivity index (χ0v) is 13.8. The van der Waals surface area contributed by atoms with Gasteiger partial charge in [-0.15, -0.1) is 0 Å². The molecule has 24 heavy (non-hydrogen) atoms. The highest BCUT2D eigenvalue weighted by Crippen LogP contribution is 2.23. The van der Waals surface area contributed by atoms with Crippen LogP contribution < -0.4 is 0 Å². The highest BCUT2D eigenvalue weighted by atomic mass is 19.1. The Labute approximate surface area is 141 Å². The number of imidazole rings is 1. The first-order valence-electron chi connectivity index (χ1n) is 8.32. The van der Waals surface area contributed by atoms with Crippen molar-refractivity contribution < 1.29 is 13.9 Å². The van der Waals surface area contributed by atoms with Gasteiger partial charge in [0.15, 0.2) is 0 Å². The van der Waals surface area contributed by atoms with Gasteiger partial charge in [0.1, 0.15) is 17.7 Å². The number of rotatable bonds is 5. The summed E-state index contributed by atoms with van der Waals surface area (Å²) in [6.07, 6.45) is 4.78. The third-order valence-electron chi connectivity index (χ3n) is 4.35. The Morgan fingerprint density at radius 1 is 1.38 bits per heavy atom. The summed E-state index contributed by atoms with van der Waals surface area (Å²) in [6, 6.07) is 6.27. The number of morpholine rings is 1. The molecule has 1 aromatic heterocycles. The molecule has 1 amide bonds. The van der Waals surface area contributed by atoms with Gasteiger partial charge in [0.2, 0.25) is 5.91 Å². The van der Waals surface area contributed by atoms with Crippen molar-refractivity contribution in [2.75, 3.05) is 19.7 Å². The molecule has 2 heterocycles. The molecule has 1 aromatic carbocycles. The molecule has 1 aliphatic heterocycles. The first kappa shape index (κ1) is 16.6. The molecular weight excluding hydrogens is 309 g/mol. The van der Waals surface area contributed by atoms with Gasteiger partial charge in [-0.2, -0.15) is 0 Å². The second-order valence-corrected chi connectivity index (χ2v) is 5.89. The minimum absolute atomic E-state index is 0.112. The minimum atomic E-state index is -0.269. The van der Waals surface area contributed by atoms with Gasteiger partial charge < -0.3 is 14.2 Å². The molecule has 2 aromatic rings. The Hall–Kier alpha value is -2.21. The molecule has 0 saturated carbocycles. The smallest absolute Gasteiger partial charge is 0.224 e. The lowest BCUT2D eigenvalue weighted by Crippen LogP contribution is -2.42. The zero-order valence-electron chi connectivity index (χ0n) is 13.8. The lowest BCUT2D eigenvalue weighted by atomic mass is 10.1. The van der Waals surface area contributed by atoms with Crippen LogP contribution in [0.25, 0.3) is 0 Å². The summed E-state index contributed by atoms with van der Waals surface area (Å²) < 4.78 is 20.8. The van der Waals surface area contributed by atoms with E-state index in [2.05, 4.69) is 11.9 Å². The summed E-state index contributed by atoms with van der Waals surface area (Å²) in [6.45, 7) is 4.30. The summed E-state index contributed by atoms with van der Waals surface area (Å²) in [4.78, 5) is 18.6. The lowest BCUT2D eigenvalue weighted by molar-refractivity contribution is -0.139. The number of carbonyl (C=O) groups is 1. The van der Waals surface area contributed by atoms with Crippen LogP contribution in [0.4, 0.5) is 4.39 Å². The Morgan fingerprint density at radius 2 is 2.17 bits per heavy atom. The molecule has 1 saturated heterocycles. The molecule has 0 radical (unpaired) electrons. The van der Waals surface area contributed by atoms with Gasteiger partial charge in [-0.1, -0.05) is 19.1 Å². The number of hydrogen-bond donors (Lipinski definition) is 0. The second kappa shape index (κ2) is 7.57. The van der Waals surface area contributed by atoms with Gasteiger partial charge in [-0.05, 0) is 17.7 Å². The molecule has 1 atom stereocenters. The average molecular weight is 331 g/mol. The minimum Gasteiger partial charge on any atom is -0.370 e. The number of ether oxygens (including phenoxy) is 1. The summed E-state index contributed by atoms with van der Waals surface area (Å²) >= 11 is 0. The summed E-state index contributed by atoms with van der Waals surface area (Å²) in [5.41, 5.74) is 0.900. The highest BCUT2D eigenvalue weighted by molar-refractivity contribution is 5.76. The van der Waals surface area contributed by atoms with E-state index in [-0.39, 0.29) is 17.8 Å². The number of halogens is 1. The average Bonchev–Trinajstić information content (AvgIpc) is 3.08. The van der Waals surface area contributed by atoms with Gasteiger partial charge >= 0.3 is 0 Å². The maximum absolute atomic E-state index is 13.0. The van der Waals surface area contributed by atoms with E-state index in [9.17, 15) is 9.18 Å². The van der Waals surface area contributed by atoms with Crippen molar-refractivity contribution in [1.82, 2.24) is 14.5 Å². The molecule has 1 unspecified atom stereocenters. The number of benzene rings is 1. The Balaban J connectivity index is 1.57. The number of hydrogen-bond acceptors (Lipinski definition) is 3. The highest BCUT2D eigenvalue weighted by Gasteiger charge is 2.25. The van der Waals surface area contributed by atoms with Crippen LogP contribution >= 0.6 is 0 Å². The Morgan fingerprint density at radius 3 is 2.92 bits per heavy atom. The van der Waals surface area contributed by atoms with Crippen LogP contribution in [0.15, 0.2) is 36.7 Å². The third-order valence-corrected chi connectivity index (χ3v) is 4.35. The molecule has 1 aliphatic rings.